The molecule has 1 unspecified atom stereocenters. The quantitative estimate of drug-likeness (QED) is 0.496. The average Bonchev–Trinajstić information content (AvgIpc) is 3.43. The van der Waals surface area contributed by atoms with Crippen LogP contribution in [0.4, 0.5) is 0 Å². The van der Waals surface area contributed by atoms with Crippen molar-refractivity contribution in [1.82, 2.24) is 15.3 Å². The Bertz CT molecular complexity index is 1200. The van der Waals surface area contributed by atoms with Crippen LogP contribution in [-0.2, 0) is 22.5 Å². The normalized spacial score (nSPS) is 15.7. The first-order valence-electron chi connectivity index (χ1n) is 11.1. The average molecular weight is 472 g/mol. The number of aromatic nitrogens is 2. The van der Waals surface area contributed by atoms with E-state index in [-0.39, 0.29) is 24.0 Å². The number of nitrogens with zero attached hydrogens (tertiary/aromatic N) is 1. The van der Waals surface area contributed by atoms with Crippen molar-refractivity contribution in [2.45, 2.75) is 52.2 Å². The molecular formula is C24H29N3O5S. The standard InChI is InChI=1S/C24H29N3O5S/c1-14-15(2)33-24-22(14)23(29)26-20(27-24)8-9-21(28)25-12-16-6-7-18(19(11-16)30-3)32-13-17-5-4-10-31-17/h6-7,11,17H,4-5,8-10,12-13H2,1-3H3,(H,25,28)(H,26,27,29). The lowest BCUT2D eigenvalue weighted by molar-refractivity contribution is -0.121. The van der Waals surface area contributed by atoms with Crippen LogP contribution >= 0.6 is 11.3 Å². The topological polar surface area (TPSA) is 103 Å². The number of nitrogens with one attached hydrogen (secondary N) is 2. The van der Waals surface area contributed by atoms with Gasteiger partial charge >= 0.3 is 0 Å². The Labute approximate surface area is 196 Å². The highest BCUT2D eigenvalue weighted by molar-refractivity contribution is 7.18. The number of methoxy groups -OCH3 is 1. The molecule has 8 nitrogen and oxygen atoms in total. The predicted molar refractivity (Wildman–Crippen MR) is 127 cm³/mol. The van der Waals surface area contributed by atoms with Gasteiger partial charge in [0.25, 0.3) is 5.56 Å². The van der Waals surface area contributed by atoms with Crippen LogP contribution in [0, 0.1) is 13.8 Å². The van der Waals surface area contributed by atoms with Crippen molar-refractivity contribution in [1.29, 1.82) is 0 Å². The molecule has 0 spiro atoms. The fourth-order valence-electron chi connectivity index (χ4n) is 3.84. The van der Waals surface area contributed by atoms with Crippen molar-refractivity contribution < 1.29 is 19.0 Å². The lowest BCUT2D eigenvalue weighted by atomic mass is 10.2. The lowest BCUT2D eigenvalue weighted by Gasteiger charge is -2.15. The second-order valence-electron chi connectivity index (χ2n) is 8.18. The van der Waals surface area contributed by atoms with E-state index in [1.807, 2.05) is 32.0 Å². The summed E-state index contributed by atoms with van der Waals surface area (Å²) in [5, 5.41) is 3.55. The molecule has 0 aliphatic carbocycles. The number of thiophene rings is 1. The zero-order valence-corrected chi connectivity index (χ0v) is 20.0. The molecule has 2 N–H and O–H groups in total. The van der Waals surface area contributed by atoms with Gasteiger partial charge in [-0.2, -0.15) is 0 Å². The molecule has 0 radical (unpaired) electrons. The molecule has 1 saturated heterocycles. The van der Waals surface area contributed by atoms with E-state index in [2.05, 4.69) is 15.3 Å². The summed E-state index contributed by atoms with van der Waals surface area (Å²) in [5.41, 5.74) is 1.72. The number of hydrogen-bond acceptors (Lipinski definition) is 7. The molecule has 1 atom stereocenters. The number of carbonyl (C=O) groups is 1. The number of rotatable bonds is 9. The van der Waals surface area contributed by atoms with Crippen LogP contribution in [0.25, 0.3) is 10.2 Å². The maximum Gasteiger partial charge on any atom is 0.259 e. The number of H-pyrrole nitrogens is 1. The van der Waals surface area contributed by atoms with Crippen LogP contribution < -0.4 is 20.3 Å². The maximum absolute atomic E-state index is 12.4. The molecule has 1 aliphatic heterocycles. The van der Waals surface area contributed by atoms with Crippen molar-refractivity contribution in [2.75, 3.05) is 20.3 Å². The first-order chi connectivity index (χ1) is 15.9. The molecule has 1 aromatic carbocycles. The molecule has 2 aromatic heterocycles. The van der Waals surface area contributed by atoms with Gasteiger partial charge in [-0.15, -0.1) is 11.3 Å². The Morgan fingerprint density at radius 2 is 2.18 bits per heavy atom. The van der Waals surface area contributed by atoms with Gasteiger partial charge in [0.1, 0.15) is 17.3 Å². The second-order valence-corrected chi connectivity index (χ2v) is 9.39. The summed E-state index contributed by atoms with van der Waals surface area (Å²) in [4.78, 5) is 33.9. The minimum absolute atomic E-state index is 0.117. The third-order valence-electron chi connectivity index (χ3n) is 5.84. The molecule has 9 heteroatoms. The minimum atomic E-state index is -0.147. The van der Waals surface area contributed by atoms with Gasteiger partial charge in [0.05, 0.1) is 18.6 Å². The number of carbonyl (C=O) groups excluding carboxylic acids is 1. The highest BCUT2D eigenvalue weighted by Crippen LogP contribution is 2.29. The van der Waals surface area contributed by atoms with Crippen molar-refractivity contribution >= 4 is 27.5 Å². The van der Waals surface area contributed by atoms with Gasteiger partial charge in [0.15, 0.2) is 11.5 Å². The highest BCUT2D eigenvalue weighted by Gasteiger charge is 2.17. The number of fused-ring (bicyclic) bond motifs is 1. The molecule has 3 heterocycles. The van der Waals surface area contributed by atoms with Gasteiger partial charge in [0, 0.05) is 30.9 Å². The van der Waals surface area contributed by atoms with E-state index in [1.54, 1.807) is 7.11 Å². The molecule has 0 saturated carbocycles. The van der Waals surface area contributed by atoms with Crippen LogP contribution in [0.2, 0.25) is 0 Å². The van der Waals surface area contributed by atoms with Crippen molar-refractivity contribution in [3.05, 3.63) is 50.4 Å². The van der Waals surface area contributed by atoms with Gasteiger partial charge in [-0.3, -0.25) is 9.59 Å². The fourth-order valence-corrected chi connectivity index (χ4v) is 4.89. The Morgan fingerprint density at radius 3 is 2.94 bits per heavy atom. The molecule has 4 rings (SSSR count). The van der Waals surface area contributed by atoms with Crippen molar-refractivity contribution in [2.24, 2.45) is 0 Å². The third kappa shape index (κ3) is 5.54. The zero-order chi connectivity index (χ0) is 23.4. The van der Waals surface area contributed by atoms with Gasteiger partial charge < -0.3 is 24.5 Å². The van der Waals surface area contributed by atoms with E-state index in [0.29, 0.717) is 42.3 Å². The predicted octanol–water partition coefficient (Wildman–Crippen LogP) is 3.42. The summed E-state index contributed by atoms with van der Waals surface area (Å²) in [6.07, 6.45) is 2.81. The smallest absolute Gasteiger partial charge is 0.259 e. The number of benzene rings is 1. The van der Waals surface area contributed by atoms with Crippen LogP contribution in [0.15, 0.2) is 23.0 Å². The molecule has 176 valence electrons. The number of amides is 1. The number of aryl methyl sites for hydroxylation is 3. The zero-order valence-electron chi connectivity index (χ0n) is 19.2. The highest BCUT2D eigenvalue weighted by atomic mass is 32.1. The second kappa shape index (κ2) is 10.4. The lowest BCUT2D eigenvalue weighted by Crippen LogP contribution is -2.24. The summed E-state index contributed by atoms with van der Waals surface area (Å²) in [6, 6.07) is 5.62. The van der Waals surface area contributed by atoms with Gasteiger partial charge in [-0.1, -0.05) is 6.07 Å². The summed E-state index contributed by atoms with van der Waals surface area (Å²) in [5.74, 6) is 1.69. The number of hydrogen-bond donors (Lipinski definition) is 2. The van der Waals surface area contributed by atoms with E-state index in [0.717, 1.165) is 40.3 Å². The van der Waals surface area contributed by atoms with Crippen LogP contribution in [0.3, 0.4) is 0 Å². The third-order valence-corrected chi connectivity index (χ3v) is 6.94. The van der Waals surface area contributed by atoms with Crippen molar-refractivity contribution in [3.8, 4) is 11.5 Å². The maximum atomic E-state index is 12.4. The van der Waals surface area contributed by atoms with E-state index < -0.39 is 0 Å². The summed E-state index contributed by atoms with van der Waals surface area (Å²) in [6.45, 7) is 5.56. The van der Waals surface area contributed by atoms with Crippen molar-refractivity contribution in [3.63, 3.8) is 0 Å². The fraction of sp³-hybridized carbons (Fsp3) is 0.458. The monoisotopic (exact) mass is 471 g/mol. The molecule has 0 bridgehead atoms. The summed E-state index contributed by atoms with van der Waals surface area (Å²) < 4.78 is 16.9. The van der Waals surface area contributed by atoms with Crippen LogP contribution in [-0.4, -0.2) is 42.3 Å². The summed E-state index contributed by atoms with van der Waals surface area (Å²) in [7, 11) is 1.60. The Balaban J connectivity index is 1.30. The Morgan fingerprint density at radius 1 is 1.33 bits per heavy atom. The van der Waals surface area contributed by atoms with Crippen LogP contribution in [0.5, 0.6) is 11.5 Å². The molecule has 1 amide bonds. The Hall–Kier alpha value is -2.91. The van der Waals surface area contributed by atoms with Gasteiger partial charge in [-0.05, 0) is 49.9 Å². The number of ether oxygens (including phenoxy) is 3. The molecule has 1 aliphatic rings. The molecule has 1 fully saturated rings. The first-order valence-corrected chi connectivity index (χ1v) is 11.9. The largest absolute Gasteiger partial charge is 0.493 e. The first kappa shape index (κ1) is 23.3. The number of aromatic amines is 1. The molecule has 33 heavy (non-hydrogen) atoms. The van der Waals surface area contributed by atoms with E-state index >= 15 is 0 Å². The molecule has 3 aromatic rings. The Kier molecular flexibility index (Phi) is 7.29. The SMILES string of the molecule is COc1cc(CNC(=O)CCc2nc3sc(C)c(C)c3c(=O)[nH]2)ccc1OCC1CCCO1. The summed E-state index contributed by atoms with van der Waals surface area (Å²) >= 11 is 1.50. The van der Waals surface area contributed by atoms with Crippen LogP contribution in [0.1, 0.15) is 41.1 Å². The minimum Gasteiger partial charge on any atom is -0.493 e. The van der Waals surface area contributed by atoms with Gasteiger partial charge in [0.2, 0.25) is 5.91 Å². The van der Waals surface area contributed by atoms with E-state index in [1.165, 1.54) is 11.3 Å². The molecular weight excluding hydrogens is 442 g/mol. The van der Waals surface area contributed by atoms with Gasteiger partial charge in [-0.25, -0.2) is 4.98 Å². The van der Waals surface area contributed by atoms with E-state index in [4.69, 9.17) is 14.2 Å². The van der Waals surface area contributed by atoms with E-state index in [9.17, 15) is 9.59 Å².